The van der Waals surface area contributed by atoms with Crippen molar-refractivity contribution in [1.29, 1.82) is 5.41 Å². The second kappa shape index (κ2) is 6.56. The van der Waals surface area contributed by atoms with Crippen LogP contribution in [0.5, 0.6) is 17.2 Å². The van der Waals surface area contributed by atoms with Gasteiger partial charge in [0, 0.05) is 0 Å². The van der Waals surface area contributed by atoms with Gasteiger partial charge < -0.3 is 15.2 Å². The lowest BCUT2D eigenvalue weighted by Crippen LogP contribution is -2.12. The highest BCUT2D eigenvalue weighted by molar-refractivity contribution is 5.92. The number of benzene rings is 1. The number of hydrogen-bond acceptors (Lipinski definition) is 4. The number of rotatable bonds is 6. The molecule has 0 aliphatic carbocycles. The quantitative estimate of drug-likeness (QED) is 0.625. The normalized spacial score (nSPS) is 10.1. The smallest absolute Gasteiger partial charge is 0.145 e. The van der Waals surface area contributed by atoms with Gasteiger partial charge in [0.15, 0.2) is 0 Å². The minimum Gasteiger partial charge on any atom is -0.494 e. The van der Waals surface area contributed by atoms with E-state index in [9.17, 15) is 0 Å². The molecule has 0 unspecified atom stereocenters. The molecule has 1 aromatic heterocycles. The summed E-state index contributed by atoms with van der Waals surface area (Å²) in [6.45, 7) is 2.77. The first-order valence-electron chi connectivity index (χ1n) is 6.40. The summed E-state index contributed by atoms with van der Waals surface area (Å²) in [5.74, 6) is 2.06. The number of nitrogens with one attached hydrogen (secondary N) is 1. The van der Waals surface area contributed by atoms with Crippen LogP contribution in [0.3, 0.4) is 0 Å². The topological polar surface area (TPSA) is 81.2 Å². The van der Waals surface area contributed by atoms with Crippen LogP contribution in [0.4, 0.5) is 0 Å². The average molecular weight is 271 g/mol. The van der Waals surface area contributed by atoms with E-state index < -0.39 is 0 Å². The van der Waals surface area contributed by atoms with Gasteiger partial charge in [0.05, 0.1) is 12.8 Å². The van der Waals surface area contributed by atoms with Crippen LogP contribution in [0.2, 0.25) is 0 Å². The van der Waals surface area contributed by atoms with Crippen molar-refractivity contribution in [3.8, 4) is 17.2 Å². The molecule has 0 aliphatic rings. The standard InChI is InChI=1S/C15H17N3O2/c1-2-9-19-11-3-5-12(6-4-11)20-13-7-8-14(15(16)17)18-10-13/h3-8,10H,2,9H2,1H3,(H3,16,17). The van der Waals surface area contributed by atoms with E-state index in [2.05, 4.69) is 11.9 Å². The van der Waals surface area contributed by atoms with Crippen LogP contribution in [0.15, 0.2) is 42.6 Å². The van der Waals surface area contributed by atoms with Crippen LogP contribution in [-0.2, 0) is 0 Å². The summed E-state index contributed by atoms with van der Waals surface area (Å²) in [7, 11) is 0. The highest BCUT2D eigenvalue weighted by Gasteiger charge is 2.01. The van der Waals surface area contributed by atoms with Gasteiger partial charge in [-0.05, 0) is 42.8 Å². The van der Waals surface area contributed by atoms with Crippen molar-refractivity contribution in [1.82, 2.24) is 4.98 Å². The van der Waals surface area contributed by atoms with Gasteiger partial charge in [-0.1, -0.05) is 6.92 Å². The van der Waals surface area contributed by atoms with E-state index >= 15 is 0 Å². The highest BCUT2D eigenvalue weighted by atomic mass is 16.5. The molecule has 0 radical (unpaired) electrons. The fourth-order valence-electron chi connectivity index (χ4n) is 1.56. The van der Waals surface area contributed by atoms with Crippen molar-refractivity contribution in [3.63, 3.8) is 0 Å². The Morgan fingerprint density at radius 1 is 1.10 bits per heavy atom. The lowest BCUT2D eigenvalue weighted by Gasteiger charge is -2.08. The maximum atomic E-state index is 7.27. The summed E-state index contributed by atoms with van der Waals surface area (Å²) in [6, 6.07) is 10.8. The zero-order valence-corrected chi connectivity index (χ0v) is 11.3. The van der Waals surface area contributed by atoms with Crippen molar-refractivity contribution in [2.24, 2.45) is 5.73 Å². The van der Waals surface area contributed by atoms with Crippen LogP contribution >= 0.6 is 0 Å². The van der Waals surface area contributed by atoms with Crippen LogP contribution in [0.1, 0.15) is 19.0 Å². The summed E-state index contributed by atoms with van der Waals surface area (Å²) in [6.07, 6.45) is 2.52. The molecule has 0 saturated carbocycles. The van der Waals surface area contributed by atoms with Crippen LogP contribution in [0, 0.1) is 5.41 Å². The first kappa shape index (κ1) is 13.9. The summed E-state index contributed by atoms with van der Waals surface area (Å²) >= 11 is 0. The number of pyridine rings is 1. The number of nitrogens with zero attached hydrogens (tertiary/aromatic N) is 1. The zero-order chi connectivity index (χ0) is 14.4. The predicted molar refractivity (Wildman–Crippen MR) is 77.6 cm³/mol. The number of nitrogens with two attached hydrogens (primary N) is 1. The largest absolute Gasteiger partial charge is 0.494 e. The van der Waals surface area contributed by atoms with Gasteiger partial charge in [-0.3, -0.25) is 5.41 Å². The Hall–Kier alpha value is -2.56. The number of aromatic nitrogens is 1. The second-order valence-electron chi connectivity index (χ2n) is 4.21. The first-order chi connectivity index (χ1) is 9.69. The van der Waals surface area contributed by atoms with E-state index in [1.54, 1.807) is 12.1 Å². The number of nitrogen functional groups attached to an aromatic ring is 1. The molecule has 0 aliphatic heterocycles. The van der Waals surface area contributed by atoms with E-state index in [1.807, 2.05) is 24.3 Å². The Morgan fingerprint density at radius 3 is 2.30 bits per heavy atom. The minimum absolute atomic E-state index is 0.0611. The van der Waals surface area contributed by atoms with Crippen molar-refractivity contribution in [2.75, 3.05) is 6.61 Å². The van der Waals surface area contributed by atoms with Crippen LogP contribution in [0.25, 0.3) is 0 Å². The van der Waals surface area contributed by atoms with Gasteiger partial charge >= 0.3 is 0 Å². The van der Waals surface area contributed by atoms with Crippen molar-refractivity contribution in [3.05, 3.63) is 48.3 Å². The second-order valence-corrected chi connectivity index (χ2v) is 4.21. The molecule has 1 aromatic carbocycles. The molecule has 0 amide bonds. The summed E-state index contributed by atoms with van der Waals surface area (Å²) in [5.41, 5.74) is 5.77. The maximum Gasteiger partial charge on any atom is 0.145 e. The SMILES string of the molecule is CCCOc1ccc(Oc2ccc(C(=N)N)nc2)cc1. The van der Waals surface area contributed by atoms with Crippen LogP contribution in [-0.4, -0.2) is 17.4 Å². The third kappa shape index (κ3) is 3.71. The molecule has 2 aromatic rings. The van der Waals surface area contributed by atoms with Gasteiger partial charge in [-0.25, -0.2) is 4.98 Å². The monoisotopic (exact) mass is 271 g/mol. The Labute approximate surface area is 117 Å². The molecule has 2 rings (SSSR count). The Morgan fingerprint density at radius 2 is 1.75 bits per heavy atom. The molecule has 3 N–H and O–H groups in total. The van der Waals surface area contributed by atoms with Gasteiger partial charge in [-0.2, -0.15) is 0 Å². The van der Waals surface area contributed by atoms with E-state index in [0.717, 1.165) is 12.2 Å². The van der Waals surface area contributed by atoms with Crippen molar-refractivity contribution < 1.29 is 9.47 Å². The first-order valence-corrected chi connectivity index (χ1v) is 6.40. The Kier molecular flexibility index (Phi) is 4.55. The maximum absolute atomic E-state index is 7.27. The summed E-state index contributed by atoms with van der Waals surface area (Å²) < 4.78 is 11.1. The molecule has 104 valence electrons. The molecule has 1 heterocycles. The number of amidine groups is 1. The Balaban J connectivity index is 2.00. The zero-order valence-electron chi connectivity index (χ0n) is 11.3. The summed E-state index contributed by atoms with van der Waals surface area (Å²) in [4.78, 5) is 4.03. The van der Waals surface area contributed by atoms with Gasteiger partial charge in [0.2, 0.25) is 0 Å². The molecular weight excluding hydrogens is 254 g/mol. The molecule has 0 spiro atoms. The predicted octanol–water partition coefficient (Wildman–Crippen LogP) is 2.95. The lowest BCUT2D eigenvalue weighted by molar-refractivity contribution is 0.317. The molecule has 0 saturated heterocycles. The fraction of sp³-hybridized carbons (Fsp3) is 0.200. The van der Waals surface area contributed by atoms with E-state index in [1.165, 1.54) is 6.20 Å². The molecule has 20 heavy (non-hydrogen) atoms. The lowest BCUT2D eigenvalue weighted by atomic mass is 10.3. The third-order valence-electron chi connectivity index (χ3n) is 2.54. The third-order valence-corrected chi connectivity index (χ3v) is 2.54. The highest BCUT2D eigenvalue weighted by Crippen LogP contribution is 2.23. The number of ether oxygens (including phenoxy) is 2. The molecular formula is C15H17N3O2. The average Bonchev–Trinajstić information content (AvgIpc) is 2.47. The Bertz CT molecular complexity index is 565. The number of hydrogen-bond donors (Lipinski definition) is 2. The summed E-state index contributed by atoms with van der Waals surface area (Å²) in [5, 5.41) is 7.27. The molecule has 5 heteroatoms. The van der Waals surface area contributed by atoms with Crippen molar-refractivity contribution >= 4 is 5.84 Å². The van der Waals surface area contributed by atoms with Gasteiger partial charge in [0.1, 0.15) is 28.8 Å². The van der Waals surface area contributed by atoms with E-state index in [0.29, 0.717) is 23.8 Å². The molecule has 0 atom stereocenters. The minimum atomic E-state index is -0.0611. The van der Waals surface area contributed by atoms with E-state index in [-0.39, 0.29) is 5.84 Å². The van der Waals surface area contributed by atoms with E-state index in [4.69, 9.17) is 20.6 Å². The van der Waals surface area contributed by atoms with Crippen molar-refractivity contribution in [2.45, 2.75) is 13.3 Å². The van der Waals surface area contributed by atoms with Gasteiger partial charge in [0.25, 0.3) is 0 Å². The van der Waals surface area contributed by atoms with Gasteiger partial charge in [-0.15, -0.1) is 0 Å². The fourth-order valence-corrected chi connectivity index (χ4v) is 1.56. The van der Waals surface area contributed by atoms with Crippen LogP contribution < -0.4 is 15.2 Å². The molecule has 0 fully saturated rings. The molecule has 5 nitrogen and oxygen atoms in total. The molecule has 0 bridgehead atoms.